The molecule has 2 heterocycles. The molecule has 0 bridgehead atoms. The van der Waals surface area contributed by atoms with Gasteiger partial charge in [0.25, 0.3) is 0 Å². The van der Waals surface area contributed by atoms with Gasteiger partial charge in [0, 0.05) is 5.92 Å². The van der Waals surface area contributed by atoms with E-state index in [-0.39, 0.29) is 41.4 Å². The van der Waals surface area contributed by atoms with E-state index in [1.54, 1.807) is 6.08 Å². The third-order valence-electron chi connectivity index (χ3n) is 6.97. The van der Waals surface area contributed by atoms with Crippen LogP contribution >= 0.6 is 0 Å². The van der Waals surface area contributed by atoms with Gasteiger partial charge >= 0.3 is 11.9 Å². The lowest BCUT2D eigenvalue weighted by molar-refractivity contribution is -0.339. The topological polar surface area (TPSA) is 211 Å². The van der Waals surface area contributed by atoms with Gasteiger partial charge in [-0.15, -0.1) is 0 Å². The van der Waals surface area contributed by atoms with Gasteiger partial charge in [0.1, 0.15) is 31.0 Å². The first kappa shape index (κ1) is 28.6. The van der Waals surface area contributed by atoms with E-state index in [9.17, 15) is 40.2 Å². The second-order valence-electron chi connectivity index (χ2n) is 9.17. The second-order valence-corrected chi connectivity index (χ2v) is 9.17. The van der Waals surface area contributed by atoms with Crippen LogP contribution in [0.25, 0.3) is 0 Å². The number of benzene rings is 1. The second kappa shape index (κ2) is 11.8. The summed E-state index contributed by atoms with van der Waals surface area (Å²) in [4.78, 5) is 24.6. The molecule has 0 aromatic heterocycles. The smallest absolute Gasteiger partial charge is 0.338 e. The zero-order chi connectivity index (χ0) is 28.4. The van der Waals surface area contributed by atoms with Crippen LogP contribution in [0.2, 0.25) is 0 Å². The number of phenolic OH excluding ortho intramolecular Hbond substituents is 1. The van der Waals surface area contributed by atoms with Gasteiger partial charge in [-0.3, -0.25) is 0 Å². The number of fused-ring (bicyclic) bond motifs is 1. The van der Waals surface area contributed by atoms with Crippen molar-refractivity contribution in [1.29, 1.82) is 0 Å². The predicted molar refractivity (Wildman–Crippen MR) is 127 cm³/mol. The largest absolute Gasteiger partial charge is 0.502 e. The lowest BCUT2D eigenvalue weighted by Crippen LogP contribution is -2.60. The van der Waals surface area contributed by atoms with E-state index in [4.69, 9.17) is 28.4 Å². The van der Waals surface area contributed by atoms with Crippen molar-refractivity contribution in [1.82, 2.24) is 0 Å². The molecule has 1 fully saturated rings. The van der Waals surface area contributed by atoms with E-state index in [1.165, 1.54) is 26.4 Å². The number of methoxy groups -OCH3 is 2. The Balaban J connectivity index is 1.52. The van der Waals surface area contributed by atoms with Crippen LogP contribution in [0, 0.1) is 11.8 Å². The third kappa shape index (κ3) is 5.52. The number of aliphatic hydroxyl groups is 4. The first-order valence-electron chi connectivity index (χ1n) is 12.0. The summed E-state index contributed by atoms with van der Waals surface area (Å²) in [5.74, 6) is -3.73. The zero-order valence-corrected chi connectivity index (χ0v) is 21.0. The fraction of sp³-hybridized carbons (Fsp3) is 0.520. The van der Waals surface area contributed by atoms with Gasteiger partial charge in [0.2, 0.25) is 12.0 Å². The fourth-order valence-corrected chi connectivity index (χ4v) is 4.85. The number of phenols is 1. The monoisotopic (exact) mass is 554 g/mol. The van der Waals surface area contributed by atoms with Crippen LogP contribution < -0.4 is 9.47 Å². The maximum absolute atomic E-state index is 12.8. The molecule has 14 nitrogen and oxygen atoms in total. The summed E-state index contributed by atoms with van der Waals surface area (Å²) < 4.78 is 32.3. The molecule has 1 aliphatic carbocycles. The summed E-state index contributed by atoms with van der Waals surface area (Å²) in [6, 6.07) is 2.54. The zero-order valence-electron chi connectivity index (χ0n) is 21.0. The molecule has 214 valence electrons. The molecule has 1 aromatic carbocycles. The highest BCUT2D eigenvalue weighted by Crippen LogP contribution is 2.44. The van der Waals surface area contributed by atoms with E-state index in [0.29, 0.717) is 5.57 Å². The SMILES string of the molecule is COc1cc(C(=O)OCC2=CCC3C(C(=O)O)=COC(OC4OC(CO)C(O)C(O)C4O)C23)cc(OC)c1O. The molecule has 2 aliphatic heterocycles. The maximum Gasteiger partial charge on any atom is 0.338 e. The lowest BCUT2D eigenvalue weighted by atomic mass is 9.83. The van der Waals surface area contributed by atoms with Crippen molar-refractivity contribution in [2.24, 2.45) is 11.8 Å². The molecule has 0 spiro atoms. The van der Waals surface area contributed by atoms with Crippen LogP contribution in [0.1, 0.15) is 16.8 Å². The molecule has 8 unspecified atom stereocenters. The molecule has 0 saturated carbocycles. The van der Waals surface area contributed by atoms with Gasteiger partial charge in [-0.05, 0) is 24.1 Å². The van der Waals surface area contributed by atoms with Crippen LogP contribution in [0.5, 0.6) is 17.2 Å². The Hall–Kier alpha value is -3.40. The van der Waals surface area contributed by atoms with E-state index < -0.39 is 67.4 Å². The normalized spacial score (nSPS) is 31.8. The van der Waals surface area contributed by atoms with Crippen molar-refractivity contribution in [2.75, 3.05) is 27.4 Å². The van der Waals surface area contributed by atoms with Gasteiger partial charge < -0.3 is 59.1 Å². The molecule has 0 radical (unpaired) electrons. The van der Waals surface area contributed by atoms with Crippen LogP contribution in [0.4, 0.5) is 0 Å². The number of carboxylic acids is 1. The highest BCUT2D eigenvalue weighted by molar-refractivity contribution is 5.91. The van der Waals surface area contributed by atoms with E-state index in [0.717, 1.165) is 6.26 Å². The predicted octanol–water partition coefficient (Wildman–Crippen LogP) is -0.730. The summed E-state index contributed by atoms with van der Waals surface area (Å²) in [6.45, 7) is -0.949. The van der Waals surface area contributed by atoms with Crippen LogP contribution in [0.15, 0.2) is 35.6 Å². The van der Waals surface area contributed by atoms with Gasteiger partial charge in [-0.2, -0.15) is 0 Å². The average molecular weight is 555 g/mol. The van der Waals surface area contributed by atoms with Gasteiger partial charge in [0.05, 0.1) is 44.1 Å². The summed E-state index contributed by atoms with van der Waals surface area (Å²) in [7, 11) is 2.61. The quantitative estimate of drug-likeness (QED) is 0.164. The van der Waals surface area contributed by atoms with Crippen molar-refractivity contribution in [3.63, 3.8) is 0 Å². The van der Waals surface area contributed by atoms with E-state index in [2.05, 4.69) is 0 Å². The van der Waals surface area contributed by atoms with Crippen LogP contribution in [-0.4, -0.2) is 107 Å². The number of carbonyl (C=O) groups is 2. The molecule has 6 N–H and O–H groups in total. The molecular weight excluding hydrogens is 524 g/mol. The van der Waals surface area contributed by atoms with E-state index in [1.807, 2.05) is 0 Å². The molecule has 4 rings (SSSR count). The number of esters is 1. The number of aliphatic carboxylic acids is 1. The first-order chi connectivity index (χ1) is 18.6. The Morgan fingerprint density at radius 3 is 2.28 bits per heavy atom. The summed E-state index contributed by atoms with van der Waals surface area (Å²) in [5, 5.41) is 59.7. The highest BCUT2D eigenvalue weighted by atomic mass is 16.8. The molecule has 14 heteroatoms. The Bertz CT molecular complexity index is 1120. The molecule has 39 heavy (non-hydrogen) atoms. The lowest BCUT2D eigenvalue weighted by Gasteiger charge is -2.42. The molecule has 1 saturated heterocycles. The number of allylic oxidation sites excluding steroid dienone is 1. The molecule has 8 atom stereocenters. The summed E-state index contributed by atoms with van der Waals surface area (Å²) in [5.41, 5.74) is 0.448. The number of aliphatic hydroxyl groups excluding tert-OH is 4. The number of hydrogen-bond acceptors (Lipinski definition) is 13. The molecule has 3 aliphatic rings. The summed E-state index contributed by atoms with van der Waals surface area (Å²) in [6.07, 6.45) is -6.02. The van der Waals surface area contributed by atoms with E-state index >= 15 is 0 Å². The minimum Gasteiger partial charge on any atom is -0.502 e. The van der Waals surface area contributed by atoms with Crippen molar-refractivity contribution in [2.45, 2.75) is 43.4 Å². The molecular formula is C25H30O14. The number of carboxylic acid groups (broad SMARTS) is 1. The van der Waals surface area contributed by atoms with Crippen LogP contribution in [-0.2, 0) is 23.7 Å². The molecule has 0 amide bonds. The number of hydrogen-bond donors (Lipinski definition) is 6. The fourth-order valence-electron chi connectivity index (χ4n) is 4.85. The van der Waals surface area contributed by atoms with Crippen molar-refractivity contribution < 1.29 is 68.6 Å². The number of aromatic hydroxyl groups is 1. The third-order valence-corrected chi connectivity index (χ3v) is 6.97. The van der Waals surface area contributed by atoms with Crippen LogP contribution in [0.3, 0.4) is 0 Å². The Kier molecular flexibility index (Phi) is 8.64. The Labute approximate surface area is 222 Å². The number of ether oxygens (including phenoxy) is 6. The van der Waals surface area contributed by atoms with Crippen molar-refractivity contribution >= 4 is 11.9 Å². The average Bonchev–Trinajstić information content (AvgIpc) is 3.36. The Morgan fingerprint density at radius 2 is 1.69 bits per heavy atom. The van der Waals surface area contributed by atoms with Gasteiger partial charge in [0.15, 0.2) is 17.8 Å². The maximum atomic E-state index is 12.8. The molecule has 1 aromatic rings. The van der Waals surface area contributed by atoms with Crippen molar-refractivity contribution in [3.8, 4) is 17.2 Å². The van der Waals surface area contributed by atoms with Crippen molar-refractivity contribution in [3.05, 3.63) is 41.2 Å². The highest BCUT2D eigenvalue weighted by Gasteiger charge is 2.49. The minimum atomic E-state index is -1.71. The number of rotatable bonds is 9. The van der Waals surface area contributed by atoms with Gasteiger partial charge in [-0.1, -0.05) is 6.08 Å². The van der Waals surface area contributed by atoms with Gasteiger partial charge in [-0.25, -0.2) is 9.59 Å². The Morgan fingerprint density at radius 1 is 1.03 bits per heavy atom. The summed E-state index contributed by atoms with van der Waals surface area (Å²) >= 11 is 0. The number of carbonyl (C=O) groups excluding carboxylic acids is 1. The first-order valence-corrected chi connectivity index (χ1v) is 12.0. The standard InChI is InChI=1S/C25H30O14/c1-34-14-5-11(6-15(35-2)18(14)27)23(33)36-8-10-3-4-12-13(22(31)32)9-37-24(17(10)12)39-25-21(30)20(29)19(28)16(7-26)38-25/h3,5-6,9,12,16-17,19-21,24-30H,4,7-8H2,1-2H3,(H,31,32). The minimum absolute atomic E-state index is 0.00800.